The van der Waals surface area contributed by atoms with Gasteiger partial charge in [0, 0.05) is 39.3 Å². The summed E-state index contributed by atoms with van der Waals surface area (Å²) in [5.41, 5.74) is 7.32. The van der Waals surface area contributed by atoms with Crippen LogP contribution < -0.4 is 15.8 Å². The molecule has 1 aliphatic heterocycles. The predicted molar refractivity (Wildman–Crippen MR) is 141 cm³/mol. The van der Waals surface area contributed by atoms with E-state index in [0.29, 0.717) is 5.69 Å². The van der Waals surface area contributed by atoms with E-state index in [4.69, 9.17) is 5.73 Å². The summed E-state index contributed by atoms with van der Waals surface area (Å²) < 4.78 is 31.4. The number of amides is 3. The maximum atomic E-state index is 13.6. The van der Waals surface area contributed by atoms with Gasteiger partial charge in [-0.3, -0.25) is 19.1 Å². The third-order valence-corrected chi connectivity index (χ3v) is 8.01. The van der Waals surface area contributed by atoms with E-state index in [1.807, 2.05) is 30.3 Å². The zero-order valence-electron chi connectivity index (χ0n) is 21.9. The molecule has 4 N–H and O–H groups in total. The van der Waals surface area contributed by atoms with Gasteiger partial charge in [0.25, 0.3) is 15.9 Å². The maximum Gasteiger partial charge on any atom is 0.272 e. The molecule has 3 atom stereocenters. The van der Waals surface area contributed by atoms with E-state index in [0.717, 1.165) is 5.56 Å². The summed E-state index contributed by atoms with van der Waals surface area (Å²) in [5.74, 6) is -1.76. The summed E-state index contributed by atoms with van der Waals surface area (Å²) in [6, 6.07) is 7.93. The molecule has 1 saturated heterocycles. The lowest BCUT2D eigenvalue weighted by atomic mass is 9.96. The van der Waals surface area contributed by atoms with Crippen molar-refractivity contribution in [3.8, 4) is 0 Å². The van der Waals surface area contributed by atoms with E-state index in [-0.39, 0.29) is 36.5 Å². The fraction of sp³-hybridized carbons (Fsp3) is 0.400. The number of nitrogens with two attached hydrogens (primary N) is 1. The van der Waals surface area contributed by atoms with Gasteiger partial charge in [0.2, 0.25) is 11.8 Å². The quantitative estimate of drug-likeness (QED) is 0.322. The molecule has 3 amide bonds. The van der Waals surface area contributed by atoms with Crippen LogP contribution in [0.5, 0.6) is 0 Å². The highest BCUT2D eigenvalue weighted by atomic mass is 32.2. The Morgan fingerprint density at radius 3 is 2.49 bits per heavy atom. The molecular weight excluding hydrogens is 524 g/mol. The van der Waals surface area contributed by atoms with Crippen LogP contribution in [0, 0.1) is 6.92 Å². The minimum atomic E-state index is -3.96. The smallest absolute Gasteiger partial charge is 0.272 e. The highest BCUT2D eigenvalue weighted by molar-refractivity contribution is 7.89. The normalized spacial score (nSPS) is 18.5. The number of sulfonamides is 1. The van der Waals surface area contributed by atoms with Crippen molar-refractivity contribution in [2.24, 2.45) is 19.8 Å². The second kappa shape index (κ2) is 11.4. The Morgan fingerprint density at radius 2 is 1.90 bits per heavy atom. The number of rotatable bonds is 9. The van der Waals surface area contributed by atoms with Crippen molar-refractivity contribution < 1.29 is 22.8 Å². The first-order chi connectivity index (χ1) is 18.4. The molecular formula is C25H32N8O5S. The van der Waals surface area contributed by atoms with Crippen molar-refractivity contribution in [3.63, 3.8) is 0 Å². The van der Waals surface area contributed by atoms with Crippen LogP contribution in [0.4, 0.5) is 0 Å². The average Bonchev–Trinajstić information content (AvgIpc) is 3.48. The van der Waals surface area contributed by atoms with Crippen LogP contribution >= 0.6 is 0 Å². The summed E-state index contributed by atoms with van der Waals surface area (Å²) in [5, 5.41) is 6.76. The SMILES string of the molecule is Cc1cc(C(=O)N2CC[C@H](NS(=O)(=O)c3cn(C)cn3)C[C@H]2C(=O)N[C@H](Cc2ccccc2)C(N)=O)n(C)n1. The first-order valence-corrected chi connectivity index (χ1v) is 13.9. The van der Waals surface area contributed by atoms with Crippen molar-refractivity contribution in [2.75, 3.05) is 6.54 Å². The van der Waals surface area contributed by atoms with Crippen LogP contribution in [-0.2, 0) is 40.1 Å². The van der Waals surface area contributed by atoms with Gasteiger partial charge >= 0.3 is 0 Å². The van der Waals surface area contributed by atoms with Crippen LogP contribution in [0.2, 0.25) is 0 Å². The molecule has 0 aliphatic carbocycles. The van der Waals surface area contributed by atoms with E-state index in [1.54, 1.807) is 27.1 Å². The number of aryl methyl sites for hydroxylation is 3. The Hall–Kier alpha value is -4.04. The Labute approximate surface area is 226 Å². The van der Waals surface area contributed by atoms with Gasteiger partial charge in [-0.25, -0.2) is 18.1 Å². The number of hydrogen-bond donors (Lipinski definition) is 3. The number of nitrogens with one attached hydrogen (secondary N) is 2. The molecule has 0 bridgehead atoms. The number of carbonyl (C=O) groups excluding carboxylic acids is 3. The molecule has 0 radical (unpaired) electrons. The number of hydrogen-bond acceptors (Lipinski definition) is 7. The van der Waals surface area contributed by atoms with Crippen molar-refractivity contribution in [1.29, 1.82) is 0 Å². The van der Waals surface area contributed by atoms with E-state index >= 15 is 0 Å². The van der Waals surface area contributed by atoms with Crippen LogP contribution in [0.25, 0.3) is 0 Å². The van der Waals surface area contributed by atoms with Crippen LogP contribution in [-0.4, -0.2) is 75.0 Å². The topological polar surface area (TPSA) is 174 Å². The average molecular weight is 557 g/mol. The molecule has 39 heavy (non-hydrogen) atoms. The minimum Gasteiger partial charge on any atom is -0.368 e. The van der Waals surface area contributed by atoms with Crippen molar-refractivity contribution >= 4 is 27.7 Å². The Morgan fingerprint density at radius 1 is 1.18 bits per heavy atom. The number of imidazole rings is 1. The van der Waals surface area contributed by atoms with Gasteiger partial charge in [0.05, 0.1) is 12.0 Å². The van der Waals surface area contributed by atoms with Gasteiger partial charge in [0.1, 0.15) is 17.8 Å². The molecule has 1 aromatic carbocycles. The van der Waals surface area contributed by atoms with Gasteiger partial charge in [0.15, 0.2) is 5.03 Å². The van der Waals surface area contributed by atoms with E-state index in [1.165, 1.54) is 26.7 Å². The second-order valence-electron chi connectivity index (χ2n) is 9.68. The fourth-order valence-corrected chi connectivity index (χ4v) is 5.93. The summed E-state index contributed by atoms with van der Waals surface area (Å²) in [4.78, 5) is 44.6. The third-order valence-electron chi connectivity index (χ3n) is 6.61. The van der Waals surface area contributed by atoms with Gasteiger partial charge in [-0.2, -0.15) is 5.10 Å². The first kappa shape index (κ1) is 28.0. The molecule has 1 aliphatic rings. The number of nitrogens with zero attached hydrogens (tertiary/aromatic N) is 5. The molecule has 0 saturated carbocycles. The molecule has 4 rings (SSSR count). The van der Waals surface area contributed by atoms with E-state index in [9.17, 15) is 22.8 Å². The molecule has 14 heteroatoms. The molecule has 208 valence electrons. The number of aromatic nitrogens is 4. The highest BCUT2D eigenvalue weighted by Crippen LogP contribution is 2.23. The summed E-state index contributed by atoms with van der Waals surface area (Å²) in [6.45, 7) is 1.84. The molecule has 0 spiro atoms. The standard InChI is InChI=1S/C25H32N8O5S/c1-16-11-21(32(3)29-16)25(36)33-10-9-18(30-39(37,38)22-14-31(2)15-27-22)13-20(33)24(35)28-19(23(26)34)12-17-7-5-4-6-8-17/h4-8,11,14-15,18-20,30H,9-10,12-13H2,1-3H3,(H2,26,34)(H,28,35)/t18-,19+,20-/m0/s1. The predicted octanol–water partition coefficient (Wildman–Crippen LogP) is -0.373. The zero-order chi connectivity index (χ0) is 28.3. The monoisotopic (exact) mass is 556 g/mol. The van der Waals surface area contributed by atoms with Crippen molar-refractivity contribution in [2.45, 2.75) is 49.3 Å². The molecule has 3 heterocycles. The number of primary amides is 1. The minimum absolute atomic E-state index is 0.0166. The van der Waals surface area contributed by atoms with Crippen LogP contribution in [0.3, 0.4) is 0 Å². The largest absolute Gasteiger partial charge is 0.368 e. The summed E-state index contributed by atoms with van der Waals surface area (Å²) in [6.07, 6.45) is 3.16. The number of benzene rings is 1. The van der Waals surface area contributed by atoms with Crippen molar-refractivity contribution in [3.05, 3.63) is 65.9 Å². The third kappa shape index (κ3) is 6.52. The lowest BCUT2D eigenvalue weighted by Gasteiger charge is -2.39. The van der Waals surface area contributed by atoms with E-state index in [2.05, 4.69) is 20.1 Å². The lowest BCUT2D eigenvalue weighted by molar-refractivity contribution is -0.131. The zero-order valence-corrected chi connectivity index (χ0v) is 22.8. The van der Waals surface area contributed by atoms with Gasteiger partial charge < -0.3 is 20.5 Å². The fourth-order valence-electron chi connectivity index (χ4n) is 4.67. The van der Waals surface area contributed by atoms with Crippen LogP contribution in [0.15, 0.2) is 53.9 Å². The maximum absolute atomic E-state index is 13.6. The van der Waals surface area contributed by atoms with Gasteiger partial charge in [-0.05, 0) is 31.4 Å². The number of carbonyl (C=O) groups is 3. The molecule has 2 aromatic heterocycles. The molecule has 13 nitrogen and oxygen atoms in total. The first-order valence-electron chi connectivity index (χ1n) is 12.4. The van der Waals surface area contributed by atoms with Crippen molar-refractivity contribution in [1.82, 2.24) is 34.3 Å². The second-order valence-corrected chi connectivity index (χ2v) is 11.3. The van der Waals surface area contributed by atoms with Crippen LogP contribution in [0.1, 0.15) is 34.6 Å². The molecule has 3 aromatic rings. The van der Waals surface area contributed by atoms with Gasteiger partial charge in [-0.15, -0.1) is 0 Å². The number of piperidine rings is 1. The van der Waals surface area contributed by atoms with Gasteiger partial charge in [-0.1, -0.05) is 30.3 Å². The summed E-state index contributed by atoms with van der Waals surface area (Å²) in [7, 11) is -0.679. The number of likely N-dealkylation sites (tertiary alicyclic amines) is 1. The Bertz CT molecular complexity index is 1470. The molecule has 1 fully saturated rings. The lowest BCUT2D eigenvalue weighted by Crippen LogP contribution is -2.60. The highest BCUT2D eigenvalue weighted by Gasteiger charge is 2.40. The Kier molecular flexibility index (Phi) is 8.16. The Balaban J connectivity index is 1.58. The molecule has 0 unspecified atom stereocenters. The summed E-state index contributed by atoms with van der Waals surface area (Å²) >= 11 is 0. The van der Waals surface area contributed by atoms with E-state index < -0.39 is 45.9 Å².